The molecule has 2 N–H and O–H groups in total. The lowest BCUT2D eigenvalue weighted by atomic mass is 10.1. The minimum Gasteiger partial charge on any atom is -0.484 e. The van der Waals surface area contributed by atoms with Gasteiger partial charge in [-0.05, 0) is 79.1 Å². The van der Waals surface area contributed by atoms with E-state index in [9.17, 15) is 19.2 Å². The predicted molar refractivity (Wildman–Crippen MR) is 149 cm³/mol. The number of nitrogens with zero attached hydrogens (tertiary/aromatic N) is 1. The predicted octanol–water partition coefficient (Wildman–Crippen LogP) is 5.30. The molecule has 194 valence electrons. The molecule has 0 atom stereocenters. The minimum absolute atomic E-state index is 0.156. The Kier molecular flexibility index (Phi) is 8.28. The summed E-state index contributed by atoms with van der Waals surface area (Å²) in [6.45, 7) is 5.14. The van der Waals surface area contributed by atoms with Crippen molar-refractivity contribution in [3.63, 3.8) is 0 Å². The summed E-state index contributed by atoms with van der Waals surface area (Å²) in [5.74, 6) is -0.763. The first kappa shape index (κ1) is 26.7. The number of thioether (sulfide) groups is 1. The van der Waals surface area contributed by atoms with Gasteiger partial charge < -0.3 is 15.4 Å². The zero-order chi connectivity index (χ0) is 27.2. The number of para-hydroxylation sites is 2. The first-order chi connectivity index (χ1) is 18.2. The maximum atomic E-state index is 12.8. The van der Waals surface area contributed by atoms with Gasteiger partial charge in [0, 0.05) is 11.4 Å². The molecule has 0 aromatic heterocycles. The van der Waals surface area contributed by atoms with E-state index >= 15 is 0 Å². The van der Waals surface area contributed by atoms with E-state index in [4.69, 9.17) is 4.74 Å². The molecule has 0 bridgehead atoms. The van der Waals surface area contributed by atoms with Crippen molar-refractivity contribution in [3.8, 4) is 5.75 Å². The van der Waals surface area contributed by atoms with Crippen LogP contribution in [0.4, 0.5) is 16.2 Å². The van der Waals surface area contributed by atoms with E-state index in [1.54, 1.807) is 30.3 Å². The third-order valence-electron chi connectivity index (χ3n) is 5.89. The van der Waals surface area contributed by atoms with Gasteiger partial charge in [-0.2, -0.15) is 0 Å². The monoisotopic (exact) mass is 529 g/mol. The summed E-state index contributed by atoms with van der Waals surface area (Å²) in [7, 11) is 0. The summed E-state index contributed by atoms with van der Waals surface area (Å²) in [4.78, 5) is 51.2. The number of anilines is 2. The number of amides is 4. The van der Waals surface area contributed by atoms with Crippen LogP contribution in [0.3, 0.4) is 0 Å². The van der Waals surface area contributed by atoms with Crippen molar-refractivity contribution in [1.29, 1.82) is 0 Å². The topological polar surface area (TPSA) is 105 Å². The maximum Gasteiger partial charge on any atom is 0.294 e. The van der Waals surface area contributed by atoms with Gasteiger partial charge in [0.25, 0.3) is 17.1 Å². The van der Waals surface area contributed by atoms with Crippen molar-refractivity contribution >= 4 is 52.2 Å². The van der Waals surface area contributed by atoms with E-state index in [2.05, 4.69) is 10.6 Å². The lowest BCUT2D eigenvalue weighted by Crippen LogP contribution is -2.36. The van der Waals surface area contributed by atoms with Gasteiger partial charge in [0.1, 0.15) is 12.3 Å². The Hall–Kier alpha value is -4.37. The number of nitrogens with one attached hydrogen (secondary N) is 2. The van der Waals surface area contributed by atoms with Crippen LogP contribution in [0.15, 0.2) is 71.6 Å². The molecule has 4 rings (SSSR count). The summed E-state index contributed by atoms with van der Waals surface area (Å²) in [6, 6.07) is 19.9. The molecule has 0 aliphatic carbocycles. The molecule has 1 aliphatic heterocycles. The fourth-order valence-electron chi connectivity index (χ4n) is 3.83. The zero-order valence-electron chi connectivity index (χ0n) is 21.2. The molecular weight excluding hydrogens is 502 g/mol. The van der Waals surface area contributed by atoms with Crippen LogP contribution in [0.1, 0.15) is 22.3 Å². The van der Waals surface area contributed by atoms with Crippen LogP contribution in [0.5, 0.6) is 5.75 Å². The number of rotatable bonds is 8. The molecule has 0 saturated carbocycles. The van der Waals surface area contributed by atoms with Gasteiger partial charge in [0.15, 0.2) is 6.61 Å². The highest BCUT2D eigenvalue weighted by atomic mass is 32.2. The molecule has 3 aromatic carbocycles. The molecule has 9 heteroatoms. The van der Waals surface area contributed by atoms with Crippen LogP contribution in [-0.2, 0) is 14.4 Å². The highest BCUT2D eigenvalue weighted by Gasteiger charge is 2.36. The van der Waals surface area contributed by atoms with E-state index in [1.807, 2.05) is 63.2 Å². The van der Waals surface area contributed by atoms with Gasteiger partial charge in [-0.15, -0.1) is 0 Å². The Morgan fingerprint density at radius 3 is 2.18 bits per heavy atom. The Morgan fingerprint density at radius 1 is 0.842 bits per heavy atom. The number of imide groups is 1. The van der Waals surface area contributed by atoms with Crippen molar-refractivity contribution < 1.29 is 23.9 Å². The minimum atomic E-state index is -0.523. The summed E-state index contributed by atoms with van der Waals surface area (Å²) >= 11 is 0.786. The molecule has 1 fully saturated rings. The summed E-state index contributed by atoms with van der Waals surface area (Å²) in [6.07, 6.45) is 1.59. The number of hydrogen-bond donors (Lipinski definition) is 2. The number of carbonyl (C=O) groups excluding carboxylic acids is 4. The smallest absolute Gasteiger partial charge is 0.294 e. The molecule has 0 spiro atoms. The number of ether oxygens (including phenoxy) is 1. The lowest BCUT2D eigenvalue weighted by Gasteiger charge is -2.15. The Balaban J connectivity index is 1.33. The van der Waals surface area contributed by atoms with Crippen molar-refractivity contribution in [3.05, 3.63) is 93.9 Å². The SMILES string of the molecule is Cc1ccccc1NC(=O)COc1ccc(/C=C2\SC(=O)N(CC(=O)Nc3c(C)cccc3C)C2=O)cc1. The van der Waals surface area contributed by atoms with Gasteiger partial charge in [0.05, 0.1) is 4.91 Å². The number of aryl methyl sites for hydroxylation is 3. The molecule has 1 heterocycles. The van der Waals surface area contributed by atoms with Crippen LogP contribution >= 0.6 is 11.8 Å². The molecule has 0 unspecified atom stereocenters. The average molecular weight is 530 g/mol. The van der Waals surface area contributed by atoms with Crippen molar-refractivity contribution in [2.24, 2.45) is 0 Å². The molecule has 1 aliphatic rings. The first-order valence-electron chi connectivity index (χ1n) is 11.9. The van der Waals surface area contributed by atoms with Gasteiger partial charge >= 0.3 is 0 Å². The maximum absolute atomic E-state index is 12.8. The van der Waals surface area contributed by atoms with Crippen molar-refractivity contribution in [2.45, 2.75) is 20.8 Å². The molecule has 0 radical (unpaired) electrons. The molecule has 3 aromatic rings. The molecular formula is C29H27N3O5S. The third-order valence-corrected chi connectivity index (χ3v) is 6.80. The second-order valence-corrected chi connectivity index (χ2v) is 9.80. The summed E-state index contributed by atoms with van der Waals surface area (Å²) < 4.78 is 5.56. The molecule has 8 nitrogen and oxygen atoms in total. The van der Waals surface area contributed by atoms with Crippen molar-refractivity contribution in [1.82, 2.24) is 4.90 Å². The normalized spacial score (nSPS) is 14.1. The van der Waals surface area contributed by atoms with E-state index < -0.39 is 17.1 Å². The highest BCUT2D eigenvalue weighted by Crippen LogP contribution is 2.32. The Bertz CT molecular complexity index is 1410. The van der Waals surface area contributed by atoms with E-state index in [0.29, 0.717) is 17.0 Å². The van der Waals surface area contributed by atoms with Crippen LogP contribution in [0.2, 0.25) is 0 Å². The van der Waals surface area contributed by atoms with Gasteiger partial charge in [-0.1, -0.05) is 48.5 Å². The van der Waals surface area contributed by atoms with E-state index in [1.165, 1.54) is 0 Å². The third kappa shape index (κ3) is 6.49. The molecule has 4 amide bonds. The Morgan fingerprint density at radius 2 is 1.50 bits per heavy atom. The first-order valence-corrected chi connectivity index (χ1v) is 12.7. The van der Waals surface area contributed by atoms with Gasteiger partial charge in [0.2, 0.25) is 5.91 Å². The highest BCUT2D eigenvalue weighted by molar-refractivity contribution is 8.18. The summed E-state index contributed by atoms with van der Waals surface area (Å²) in [5.41, 5.74) is 4.82. The fraction of sp³-hybridized carbons (Fsp3) is 0.172. The Labute approximate surface area is 225 Å². The van der Waals surface area contributed by atoms with Crippen LogP contribution in [0.25, 0.3) is 6.08 Å². The molecule has 1 saturated heterocycles. The van der Waals surface area contributed by atoms with E-state index in [-0.39, 0.29) is 24.0 Å². The molecule has 38 heavy (non-hydrogen) atoms. The lowest BCUT2D eigenvalue weighted by molar-refractivity contribution is -0.127. The largest absolute Gasteiger partial charge is 0.484 e. The second-order valence-electron chi connectivity index (χ2n) is 8.80. The number of carbonyl (C=O) groups is 4. The summed E-state index contributed by atoms with van der Waals surface area (Å²) in [5, 5.41) is 5.10. The van der Waals surface area contributed by atoms with Crippen molar-refractivity contribution in [2.75, 3.05) is 23.8 Å². The van der Waals surface area contributed by atoms with Gasteiger partial charge in [-0.3, -0.25) is 24.1 Å². The fourth-order valence-corrected chi connectivity index (χ4v) is 4.67. The number of benzene rings is 3. The van der Waals surface area contributed by atoms with Crippen LogP contribution in [-0.4, -0.2) is 41.0 Å². The number of hydrogen-bond acceptors (Lipinski definition) is 6. The van der Waals surface area contributed by atoms with Crippen LogP contribution in [0, 0.1) is 20.8 Å². The van der Waals surface area contributed by atoms with Crippen LogP contribution < -0.4 is 15.4 Å². The standard InChI is InChI=1S/C29H27N3O5S/c1-18-7-4-5-10-23(18)30-26(34)17-37-22-13-11-21(12-14-22)15-24-28(35)32(29(36)38-24)16-25(33)31-27-19(2)8-6-9-20(27)3/h4-15H,16-17H2,1-3H3,(H,30,34)(H,31,33)/b24-15-. The average Bonchev–Trinajstić information content (AvgIpc) is 3.14. The van der Waals surface area contributed by atoms with E-state index in [0.717, 1.165) is 39.0 Å². The zero-order valence-corrected chi connectivity index (χ0v) is 22.1. The second kappa shape index (κ2) is 11.8. The quantitative estimate of drug-likeness (QED) is 0.384. The van der Waals surface area contributed by atoms with Gasteiger partial charge in [-0.25, -0.2) is 0 Å².